The first kappa shape index (κ1) is 18.8. The molecule has 0 aromatic rings. The molecular formula is C15H33NO. The van der Waals surface area contributed by atoms with Crippen LogP contribution in [0.15, 0.2) is 4.99 Å². The van der Waals surface area contributed by atoms with Crippen LogP contribution in [0.25, 0.3) is 0 Å². The molecule has 0 aromatic heterocycles. The van der Waals surface area contributed by atoms with Gasteiger partial charge in [-0.25, -0.2) is 4.99 Å². The van der Waals surface area contributed by atoms with E-state index >= 15 is 0 Å². The van der Waals surface area contributed by atoms with E-state index in [1.165, 1.54) is 0 Å². The Morgan fingerprint density at radius 2 is 1.47 bits per heavy atom. The predicted molar refractivity (Wildman–Crippen MR) is 78.9 cm³/mol. The maximum Gasteiger partial charge on any atom is 0.180 e. The van der Waals surface area contributed by atoms with Gasteiger partial charge in [0.2, 0.25) is 0 Å². The second-order valence-electron chi connectivity index (χ2n) is 5.38. The molecule has 1 aliphatic heterocycles. The van der Waals surface area contributed by atoms with E-state index in [1.54, 1.807) is 0 Å². The van der Waals surface area contributed by atoms with E-state index in [-0.39, 0.29) is 5.54 Å². The molecule has 2 heteroatoms. The van der Waals surface area contributed by atoms with Crippen LogP contribution in [0, 0.1) is 5.41 Å². The molecule has 0 saturated carbocycles. The van der Waals surface area contributed by atoms with E-state index in [4.69, 9.17) is 4.74 Å². The fourth-order valence-electron chi connectivity index (χ4n) is 2.23. The number of rotatable bonds is 0. The summed E-state index contributed by atoms with van der Waals surface area (Å²) in [6.45, 7) is 19.7. The van der Waals surface area contributed by atoms with Crippen LogP contribution in [0.2, 0.25) is 0 Å². The summed E-state index contributed by atoms with van der Waals surface area (Å²) in [5, 5.41) is 0. The average molecular weight is 243 g/mol. The standard InChI is InChI=1S/C11H21NO.2C2H6/c1-9-12-11(4,5)8-10(2,3)6-7-13-9;2*1-2/h6-8H2,1-5H3;2*1-2H3. The summed E-state index contributed by atoms with van der Waals surface area (Å²) in [6, 6.07) is 0. The van der Waals surface area contributed by atoms with Crippen LogP contribution < -0.4 is 0 Å². The van der Waals surface area contributed by atoms with Crippen molar-refractivity contribution in [2.75, 3.05) is 6.61 Å². The van der Waals surface area contributed by atoms with Crippen LogP contribution in [-0.4, -0.2) is 18.0 Å². The fraction of sp³-hybridized carbons (Fsp3) is 0.933. The highest BCUT2D eigenvalue weighted by Crippen LogP contribution is 2.34. The van der Waals surface area contributed by atoms with Gasteiger partial charge in [0.05, 0.1) is 12.1 Å². The summed E-state index contributed by atoms with van der Waals surface area (Å²) in [4.78, 5) is 4.56. The van der Waals surface area contributed by atoms with Gasteiger partial charge in [-0.2, -0.15) is 0 Å². The number of aliphatic imine (C=N–C) groups is 1. The lowest BCUT2D eigenvalue weighted by atomic mass is 9.78. The van der Waals surface area contributed by atoms with E-state index < -0.39 is 0 Å². The monoisotopic (exact) mass is 243 g/mol. The highest BCUT2D eigenvalue weighted by Gasteiger charge is 2.30. The Labute approximate surface area is 109 Å². The molecule has 0 fully saturated rings. The first-order valence-electron chi connectivity index (χ1n) is 7.00. The maximum absolute atomic E-state index is 5.50. The smallest absolute Gasteiger partial charge is 0.180 e. The predicted octanol–water partition coefficient (Wildman–Crippen LogP) is 5.07. The van der Waals surface area contributed by atoms with Crippen LogP contribution in [0.3, 0.4) is 0 Å². The summed E-state index contributed by atoms with van der Waals surface area (Å²) >= 11 is 0. The molecule has 0 aliphatic carbocycles. The lowest BCUT2D eigenvalue weighted by Gasteiger charge is -2.34. The number of nitrogens with zero attached hydrogens (tertiary/aromatic N) is 1. The molecule has 0 radical (unpaired) electrons. The van der Waals surface area contributed by atoms with Crippen LogP contribution in [0.4, 0.5) is 0 Å². The summed E-state index contributed by atoms with van der Waals surface area (Å²) < 4.78 is 5.50. The molecule has 0 N–H and O–H groups in total. The zero-order valence-corrected chi connectivity index (χ0v) is 13.5. The van der Waals surface area contributed by atoms with Crippen molar-refractivity contribution >= 4 is 5.90 Å². The topological polar surface area (TPSA) is 21.6 Å². The zero-order valence-electron chi connectivity index (χ0n) is 13.5. The Bertz CT molecular complexity index is 217. The minimum atomic E-state index is 0.0218. The van der Waals surface area contributed by atoms with E-state index in [0.717, 1.165) is 25.3 Å². The van der Waals surface area contributed by atoms with Gasteiger partial charge in [-0.1, -0.05) is 41.5 Å². The van der Waals surface area contributed by atoms with Gasteiger partial charge in [0.15, 0.2) is 5.90 Å². The number of ether oxygens (including phenoxy) is 1. The minimum absolute atomic E-state index is 0.0218. The van der Waals surface area contributed by atoms with Gasteiger partial charge < -0.3 is 4.74 Å². The molecule has 0 saturated heterocycles. The van der Waals surface area contributed by atoms with Gasteiger partial charge in [-0.3, -0.25) is 0 Å². The highest BCUT2D eigenvalue weighted by atomic mass is 16.5. The Kier molecular flexibility index (Phi) is 9.46. The Morgan fingerprint density at radius 3 is 1.94 bits per heavy atom. The van der Waals surface area contributed by atoms with Crippen molar-refractivity contribution in [1.82, 2.24) is 0 Å². The molecule has 0 unspecified atom stereocenters. The van der Waals surface area contributed by atoms with Crippen LogP contribution in [0.5, 0.6) is 0 Å². The van der Waals surface area contributed by atoms with Crippen LogP contribution in [0.1, 0.15) is 75.2 Å². The molecule has 17 heavy (non-hydrogen) atoms. The molecule has 1 heterocycles. The molecular weight excluding hydrogens is 210 g/mol. The zero-order chi connectivity index (χ0) is 14.1. The number of hydrogen-bond donors (Lipinski definition) is 0. The molecule has 0 bridgehead atoms. The van der Waals surface area contributed by atoms with Gasteiger partial charge >= 0.3 is 0 Å². The Morgan fingerprint density at radius 1 is 1.00 bits per heavy atom. The van der Waals surface area contributed by atoms with Gasteiger partial charge in [0.25, 0.3) is 0 Å². The van der Waals surface area contributed by atoms with E-state index in [9.17, 15) is 0 Å². The summed E-state index contributed by atoms with van der Waals surface area (Å²) in [5.41, 5.74) is 0.363. The second kappa shape index (κ2) is 8.54. The molecule has 0 spiro atoms. The number of hydrogen-bond acceptors (Lipinski definition) is 2. The van der Waals surface area contributed by atoms with Crippen molar-refractivity contribution in [2.24, 2.45) is 10.4 Å². The Balaban J connectivity index is 0. The molecule has 0 amide bonds. The first-order valence-corrected chi connectivity index (χ1v) is 7.00. The third kappa shape index (κ3) is 9.20. The third-order valence-corrected chi connectivity index (χ3v) is 2.46. The van der Waals surface area contributed by atoms with Crippen molar-refractivity contribution in [3.63, 3.8) is 0 Å². The van der Waals surface area contributed by atoms with E-state index in [1.807, 2.05) is 34.6 Å². The second-order valence-corrected chi connectivity index (χ2v) is 5.38. The largest absolute Gasteiger partial charge is 0.481 e. The highest BCUT2D eigenvalue weighted by molar-refractivity contribution is 5.73. The van der Waals surface area contributed by atoms with Gasteiger partial charge in [-0.05, 0) is 32.1 Å². The van der Waals surface area contributed by atoms with Gasteiger partial charge in [-0.15, -0.1) is 0 Å². The van der Waals surface area contributed by atoms with E-state index in [2.05, 4.69) is 32.7 Å². The van der Waals surface area contributed by atoms with E-state index in [0.29, 0.717) is 5.41 Å². The molecule has 1 aliphatic rings. The van der Waals surface area contributed by atoms with Crippen molar-refractivity contribution in [3.05, 3.63) is 0 Å². The quantitative estimate of drug-likeness (QED) is 0.582. The van der Waals surface area contributed by atoms with Crippen molar-refractivity contribution < 1.29 is 4.74 Å². The summed E-state index contributed by atoms with van der Waals surface area (Å²) in [5.74, 6) is 0.834. The van der Waals surface area contributed by atoms with Crippen LogP contribution in [-0.2, 0) is 4.74 Å². The molecule has 2 nitrogen and oxygen atoms in total. The lowest BCUT2D eigenvalue weighted by molar-refractivity contribution is 0.163. The maximum atomic E-state index is 5.50. The van der Waals surface area contributed by atoms with Crippen LogP contribution >= 0.6 is 0 Å². The molecule has 1 rings (SSSR count). The Hall–Kier alpha value is -0.530. The van der Waals surface area contributed by atoms with Crippen molar-refractivity contribution in [3.8, 4) is 0 Å². The SMILES string of the molecule is CC.CC.CC1=NC(C)(C)CC(C)(C)CCO1. The average Bonchev–Trinajstić information content (AvgIpc) is 2.19. The van der Waals surface area contributed by atoms with Crippen molar-refractivity contribution in [1.29, 1.82) is 0 Å². The fourth-order valence-corrected chi connectivity index (χ4v) is 2.23. The van der Waals surface area contributed by atoms with Gasteiger partial charge in [0, 0.05) is 6.92 Å². The summed E-state index contributed by atoms with van der Waals surface area (Å²) in [7, 11) is 0. The molecule has 0 atom stereocenters. The minimum Gasteiger partial charge on any atom is -0.481 e. The normalized spacial score (nSPS) is 21.1. The van der Waals surface area contributed by atoms with Gasteiger partial charge in [0.1, 0.15) is 0 Å². The molecule has 0 aromatic carbocycles. The third-order valence-electron chi connectivity index (χ3n) is 2.46. The summed E-state index contributed by atoms with van der Waals surface area (Å²) in [6.07, 6.45) is 2.24. The van der Waals surface area contributed by atoms with Crippen molar-refractivity contribution in [2.45, 2.75) is 80.7 Å². The first-order chi connectivity index (χ1) is 7.81. The molecule has 104 valence electrons. The lowest BCUT2D eigenvalue weighted by Crippen LogP contribution is -2.31.